The lowest BCUT2D eigenvalue weighted by Crippen LogP contribution is -2.33. The Hall–Kier alpha value is -3.11. The third-order valence-electron chi connectivity index (χ3n) is 4.11. The Morgan fingerprint density at radius 2 is 1.76 bits per heavy atom. The summed E-state index contributed by atoms with van der Waals surface area (Å²) >= 11 is 0. The quantitative estimate of drug-likeness (QED) is 0.724. The zero-order valence-corrected chi connectivity index (χ0v) is 16.8. The highest BCUT2D eigenvalue weighted by molar-refractivity contribution is 7.89. The van der Waals surface area contributed by atoms with Gasteiger partial charge in [-0.1, -0.05) is 6.07 Å². The number of anilines is 1. The van der Waals surface area contributed by atoms with E-state index in [9.17, 15) is 18.0 Å². The molecule has 154 valence electrons. The lowest BCUT2D eigenvalue weighted by atomic mass is 10.2. The van der Waals surface area contributed by atoms with Crippen LogP contribution in [0.15, 0.2) is 47.4 Å². The Bertz CT molecular complexity index is 1040. The molecule has 1 aliphatic rings. The van der Waals surface area contributed by atoms with Crippen LogP contribution in [0.25, 0.3) is 0 Å². The van der Waals surface area contributed by atoms with E-state index in [1.807, 2.05) is 0 Å². The fourth-order valence-electron chi connectivity index (χ4n) is 2.60. The molecule has 0 unspecified atom stereocenters. The number of hydrogen-bond acceptors (Lipinski definition) is 6. The van der Waals surface area contributed by atoms with Crippen molar-refractivity contribution in [1.29, 1.82) is 0 Å². The first-order chi connectivity index (χ1) is 13.8. The lowest BCUT2D eigenvalue weighted by Gasteiger charge is -2.19. The number of amides is 2. The molecular weight excluding hydrogens is 398 g/mol. The molecule has 2 aromatic carbocycles. The van der Waals surface area contributed by atoms with Gasteiger partial charge < -0.3 is 20.1 Å². The van der Waals surface area contributed by atoms with Crippen molar-refractivity contribution in [3.63, 3.8) is 0 Å². The summed E-state index contributed by atoms with van der Waals surface area (Å²) in [4.78, 5) is 24.4. The molecule has 0 bridgehead atoms. The summed E-state index contributed by atoms with van der Waals surface area (Å²) in [5.41, 5.74) is 0.646. The van der Waals surface area contributed by atoms with Gasteiger partial charge in [0.15, 0.2) is 11.5 Å². The molecule has 0 saturated heterocycles. The lowest BCUT2D eigenvalue weighted by molar-refractivity contribution is -0.115. The van der Waals surface area contributed by atoms with Gasteiger partial charge in [0.1, 0.15) is 13.2 Å². The molecule has 0 aromatic heterocycles. The molecule has 2 amide bonds. The second kappa shape index (κ2) is 8.50. The molecule has 1 heterocycles. The number of carbonyl (C=O) groups is 2. The van der Waals surface area contributed by atoms with Crippen molar-refractivity contribution in [2.45, 2.75) is 4.90 Å². The largest absolute Gasteiger partial charge is 0.486 e. The van der Waals surface area contributed by atoms with Crippen LogP contribution in [0.3, 0.4) is 0 Å². The van der Waals surface area contributed by atoms with E-state index in [-0.39, 0.29) is 17.0 Å². The number of benzene rings is 2. The van der Waals surface area contributed by atoms with Gasteiger partial charge in [0, 0.05) is 31.4 Å². The van der Waals surface area contributed by atoms with E-state index < -0.39 is 21.8 Å². The third kappa shape index (κ3) is 4.84. The molecule has 0 atom stereocenters. The van der Waals surface area contributed by atoms with Crippen LogP contribution in [0, 0.1) is 0 Å². The molecule has 0 spiro atoms. The highest BCUT2D eigenvalue weighted by Crippen LogP contribution is 2.32. The van der Waals surface area contributed by atoms with E-state index in [0.29, 0.717) is 30.4 Å². The topological polar surface area (TPSA) is 114 Å². The maximum absolute atomic E-state index is 12.3. The van der Waals surface area contributed by atoms with E-state index in [4.69, 9.17) is 9.47 Å². The molecule has 0 radical (unpaired) electrons. The minimum absolute atomic E-state index is 0.00382. The summed E-state index contributed by atoms with van der Waals surface area (Å²) in [6.07, 6.45) is 0. The summed E-state index contributed by atoms with van der Waals surface area (Å²) < 4.78 is 36.3. The van der Waals surface area contributed by atoms with Gasteiger partial charge in [-0.25, -0.2) is 12.7 Å². The highest BCUT2D eigenvalue weighted by atomic mass is 32.2. The number of hydrogen-bond donors (Lipinski definition) is 2. The monoisotopic (exact) mass is 419 g/mol. The second-order valence-corrected chi connectivity index (χ2v) is 8.56. The molecule has 29 heavy (non-hydrogen) atoms. The Labute approximate surface area is 168 Å². The van der Waals surface area contributed by atoms with E-state index in [0.717, 1.165) is 4.31 Å². The average molecular weight is 419 g/mol. The minimum Gasteiger partial charge on any atom is -0.486 e. The molecule has 0 aliphatic carbocycles. The van der Waals surface area contributed by atoms with E-state index in [2.05, 4.69) is 10.6 Å². The maximum Gasteiger partial charge on any atom is 0.251 e. The van der Waals surface area contributed by atoms with Gasteiger partial charge in [0.25, 0.3) is 5.91 Å². The van der Waals surface area contributed by atoms with Crippen molar-refractivity contribution in [2.75, 3.05) is 39.2 Å². The predicted octanol–water partition coefficient (Wildman–Crippen LogP) is 1.08. The van der Waals surface area contributed by atoms with Gasteiger partial charge in [-0.15, -0.1) is 0 Å². The normalized spacial score (nSPS) is 13.1. The van der Waals surface area contributed by atoms with Crippen molar-refractivity contribution in [1.82, 2.24) is 9.62 Å². The summed E-state index contributed by atoms with van der Waals surface area (Å²) in [6.45, 7) is 0.628. The third-order valence-corrected chi connectivity index (χ3v) is 5.92. The van der Waals surface area contributed by atoms with E-state index >= 15 is 0 Å². The van der Waals surface area contributed by atoms with Gasteiger partial charge in [0.05, 0.1) is 11.4 Å². The smallest absolute Gasteiger partial charge is 0.251 e. The van der Waals surface area contributed by atoms with E-state index in [1.165, 1.54) is 38.4 Å². The number of nitrogens with one attached hydrogen (secondary N) is 2. The first-order valence-corrected chi connectivity index (χ1v) is 10.2. The van der Waals surface area contributed by atoms with Crippen LogP contribution in [0.4, 0.5) is 5.69 Å². The molecule has 1 aliphatic heterocycles. The van der Waals surface area contributed by atoms with Crippen molar-refractivity contribution < 1.29 is 27.5 Å². The number of ether oxygens (including phenoxy) is 2. The van der Waals surface area contributed by atoms with Crippen LogP contribution in [0.5, 0.6) is 11.5 Å². The van der Waals surface area contributed by atoms with Crippen molar-refractivity contribution in [2.24, 2.45) is 0 Å². The summed E-state index contributed by atoms with van der Waals surface area (Å²) in [6, 6.07) is 10.6. The summed E-state index contributed by atoms with van der Waals surface area (Å²) in [5.74, 6) is 0.150. The Morgan fingerprint density at radius 1 is 1.03 bits per heavy atom. The van der Waals surface area contributed by atoms with Crippen LogP contribution in [-0.2, 0) is 14.8 Å². The van der Waals surface area contributed by atoms with Crippen LogP contribution < -0.4 is 20.1 Å². The molecular formula is C19H21N3O6S. The molecule has 2 aromatic rings. The number of carbonyl (C=O) groups excluding carboxylic acids is 2. The maximum atomic E-state index is 12.3. The minimum atomic E-state index is -3.66. The number of rotatable bonds is 6. The van der Waals surface area contributed by atoms with Crippen LogP contribution in [0.2, 0.25) is 0 Å². The highest BCUT2D eigenvalue weighted by Gasteiger charge is 2.19. The molecule has 3 rings (SSSR count). The first kappa shape index (κ1) is 20.6. The molecule has 0 saturated carbocycles. The number of nitrogens with zero attached hydrogens (tertiary/aromatic N) is 1. The van der Waals surface area contributed by atoms with Gasteiger partial charge >= 0.3 is 0 Å². The SMILES string of the molecule is CN(C)S(=O)(=O)c1cccc(C(=O)NCC(=O)Nc2ccc3c(c2)OCCO3)c1. The van der Waals surface area contributed by atoms with Crippen LogP contribution in [-0.4, -0.2) is 58.4 Å². The Morgan fingerprint density at radius 3 is 2.48 bits per heavy atom. The Balaban J connectivity index is 1.60. The average Bonchev–Trinajstić information content (AvgIpc) is 2.72. The number of sulfonamides is 1. The van der Waals surface area contributed by atoms with Gasteiger partial charge in [0.2, 0.25) is 15.9 Å². The number of fused-ring (bicyclic) bond motifs is 1. The van der Waals surface area contributed by atoms with Gasteiger partial charge in [-0.2, -0.15) is 0 Å². The second-order valence-electron chi connectivity index (χ2n) is 6.40. The fourth-order valence-corrected chi connectivity index (χ4v) is 3.55. The molecule has 10 heteroatoms. The zero-order valence-electron chi connectivity index (χ0n) is 16.0. The standard InChI is InChI=1S/C19H21N3O6S/c1-22(2)29(25,26)15-5-3-4-13(10-15)19(24)20-12-18(23)21-14-6-7-16-17(11-14)28-9-8-27-16/h3-7,10-11H,8-9,12H2,1-2H3,(H,20,24)(H,21,23). The van der Waals surface area contributed by atoms with Crippen LogP contribution >= 0.6 is 0 Å². The fraction of sp³-hybridized carbons (Fsp3) is 0.263. The van der Waals surface area contributed by atoms with Crippen molar-refractivity contribution in [3.8, 4) is 11.5 Å². The zero-order chi connectivity index (χ0) is 21.0. The predicted molar refractivity (Wildman–Crippen MR) is 106 cm³/mol. The van der Waals surface area contributed by atoms with Crippen LogP contribution in [0.1, 0.15) is 10.4 Å². The van der Waals surface area contributed by atoms with E-state index in [1.54, 1.807) is 18.2 Å². The summed E-state index contributed by atoms with van der Waals surface area (Å²) in [5, 5.41) is 5.13. The summed E-state index contributed by atoms with van der Waals surface area (Å²) in [7, 11) is -0.847. The Kier molecular flexibility index (Phi) is 6.04. The first-order valence-electron chi connectivity index (χ1n) is 8.77. The molecule has 9 nitrogen and oxygen atoms in total. The molecule has 2 N–H and O–H groups in total. The molecule has 0 fully saturated rings. The van der Waals surface area contributed by atoms with Crippen molar-refractivity contribution >= 4 is 27.5 Å². The van der Waals surface area contributed by atoms with Gasteiger partial charge in [-0.3, -0.25) is 9.59 Å². The van der Waals surface area contributed by atoms with Crippen molar-refractivity contribution in [3.05, 3.63) is 48.0 Å². The van der Waals surface area contributed by atoms with Gasteiger partial charge in [-0.05, 0) is 30.3 Å².